The summed E-state index contributed by atoms with van der Waals surface area (Å²) < 4.78 is 0. The first-order valence-corrected chi connectivity index (χ1v) is 11.3. The van der Waals surface area contributed by atoms with Crippen LogP contribution in [-0.4, -0.2) is 11.7 Å². The average Bonchev–Trinajstić information content (AvgIpc) is 2.11. The van der Waals surface area contributed by atoms with Crippen LogP contribution in [0.5, 0.6) is 0 Å². The van der Waals surface area contributed by atoms with Crippen molar-refractivity contribution in [1.29, 1.82) is 0 Å². The Morgan fingerprint density at radius 2 is 1.15 bits per heavy atom. The molecule has 0 rings (SSSR count). The number of hydrogen-bond acceptors (Lipinski definition) is 0. The Bertz CT molecular complexity index is 347. The normalized spacial score (nSPS) is 10.8. The van der Waals surface area contributed by atoms with E-state index in [9.17, 15) is 0 Å². The van der Waals surface area contributed by atoms with Crippen LogP contribution in [0.25, 0.3) is 5.32 Å². The van der Waals surface area contributed by atoms with E-state index in [0.29, 0.717) is 0 Å². The van der Waals surface area contributed by atoms with Gasteiger partial charge in [-0.2, -0.15) is 5.70 Å². The Balaban J connectivity index is -0.000000188. The van der Waals surface area contributed by atoms with Gasteiger partial charge in [-0.15, -0.1) is 5.54 Å². The molecule has 0 aliphatic heterocycles. The van der Waals surface area contributed by atoms with Gasteiger partial charge in [-0.3, -0.25) is 0 Å². The molecule has 0 radical (unpaired) electrons. The fourth-order valence-corrected chi connectivity index (χ4v) is 1.23. The molecule has 0 heterocycles. The molecule has 0 aromatic carbocycles. The Labute approximate surface area is 151 Å². The van der Waals surface area contributed by atoms with Gasteiger partial charge in [0, 0.05) is 0 Å². The predicted octanol–water partition coefficient (Wildman–Crippen LogP) is -0.399. The summed E-state index contributed by atoms with van der Waals surface area (Å²) in [6.07, 6.45) is 0.120. The minimum Gasteiger partial charge on any atom is -1.00 e. The molecule has 0 aromatic rings. The first kappa shape index (κ1) is 28.9. The Hall–Kier alpha value is 0.791. The molecule has 0 amide bonds. The topological polar surface area (TPSA) is 14.1 Å². The standard InChI is InChI=1S/C13H24N.C2H6Si.2ClH.Ti/c1-9(2)10(3)11(4)12(5)14-13(6,7)8;1-3-2;;;/h1-8H3;1-2H3;2*1H;/q-1;;;;+2/p-2. The number of nitrogens with zero attached hydrogens (tertiary/aromatic N) is 1. The Morgan fingerprint density at radius 3 is 1.35 bits per heavy atom. The molecule has 0 spiro atoms. The number of rotatable bonds is 2. The minimum absolute atomic E-state index is 0. The fraction of sp³-hybridized carbons (Fsp3) is 0.733. The Kier molecular flexibility index (Phi) is 19.4. The van der Waals surface area contributed by atoms with Crippen LogP contribution in [0.2, 0.25) is 13.1 Å². The monoisotopic (exact) mass is 370 g/mol. The van der Waals surface area contributed by atoms with Crippen molar-refractivity contribution < 1.29 is 44.0 Å². The van der Waals surface area contributed by atoms with Crippen LogP contribution in [0.3, 0.4) is 0 Å². The first-order valence-electron chi connectivity index (χ1n) is 6.45. The molecule has 0 aliphatic rings. The second-order valence-corrected chi connectivity index (χ2v) is 12.8. The first-order chi connectivity index (χ1) is 7.88. The van der Waals surface area contributed by atoms with Crippen molar-refractivity contribution >= 4 is 6.19 Å². The SMILES string of the molecule is CC(C)=C(C)C(C)=C(C)[N-]C(C)(C)C.C[Si](C)=[Ti+2].[Cl-].[Cl-]. The molecule has 0 saturated carbocycles. The van der Waals surface area contributed by atoms with Crippen LogP contribution in [-0.2, 0) is 19.2 Å². The van der Waals surface area contributed by atoms with E-state index in [1.807, 2.05) is 0 Å². The largest absolute Gasteiger partial charge is 1.00 e. The summed E-state index contributed by atoms with van der Waals surface area (Å²) >= 11 is 2.27. The zero-order chi connectivity index (χ0) is 15.1. The van der Waals surface area contributed by atoms with Gasteiger partial charge in [0.1, 0.15) is 0 Å². The summed E-state index contributed by atoms with van der Waals surface area (Å²) in [5.74, 6) is 0. The van der Waals surface area contributed by atoms with Crippen LogP contribution in [0.4, 0.5) is 0 Å². The summed E-state index contributed by atoms with van der Waals surface area (Å²) in [5, 5.41) is 4.66. The maximum absolute atomic E-state index is 4.66. The van der Waals surface area contributed by atoms with Crippen molar-refractivity contribution in [3.05, 3.63) is 27.7 Å². The maximum atomic E-state index is 4.66. The van der Waals surface area contributed by atoms with Crippen molar-refractivity contribution in [1.82, 2.24) is 0 Å². The van der Waals surface area contributed by atoms with Crippen molar-refractivity contribution in [3.63, 3.8) is 0 Å². The maximum Gasteiger partial charge on any atom is -1.00 e. The summed E-state index contributed by atoms with van der Waals surface area (Å²) in [6, 6.07) is 0. The third kappa shape index (κ3) is 18.8. The zero-order valence-electron chi connectivity index (χ0n) is 14.7. The van der Waals surface area contributed by atoms with Gasteiger partial charge < -0.3 is 30.1 Å². The van der Waals surface area contributed by atoms with Gasteiger partial charge in [0.2, 0.25) is 0 Å². The zero-order valence-corrected chi connectivity index (χ0v) is 18.8. The molecule has 0 bridgehead atoms. The minimum atomic E-state index is 0. The Morgan fingerprint density at radius 1 is 0.850 bits per heavy atom. The molecule has 0 N–H and O–H groups in total. The average molecular weight is 371 g/mol. The van der Waals surface area contributed by atoms with E-state index in [1.165, 1.54) is 16.7 Å². The van der Waals surface area contributed by atoms with Crippen LogP contribution >= 0.6 is 0 Å². The molecule has 1 nitrogen and oxygen atoms in total. The van der Waals surface area contributed by atoms with Crippen molar-refractivity contribution in [3.8, 4) is 0 Å². The van der Waals surface area contributed by atoms with Gasteiger partial charge in [-0.1, -0.05) is 44.4 Å². The van der Waals surface area contributed by atoms with Gasteiger partial charge in [0.15, 0.2) is 0 Å². The van der Waals surface area contributed by atoms with Gasteiger partial charge >= 0.3 is 38.5 Å². The van der Waals surface area contributed by atoms with Gasteiger partial charge in [0.25, 0.3) is 0 Å². The van der Waals surface area contributed by atoms with E-state index in [1.54, 1.807) is 0 Å². The predicted molar refractivity (Wildman–Crippen MR) is 83.0 cm³/mol. The van der Waals surface area contributed by atoms with Gasteiger partial charge in [-0.25, -0.2) is 0 Å². The smallest absolute Gasteiger partial charge is 1.00 e. The second-order valence-electron chi connectivity index (χ2n) is 6.12. The quantitative estimate of drug-likeness (QED) is 0.464. The molecule has 0 fully saturated rings. The summed E-state index contributed by atoms with van der Waals surface area (Å²) in [5.41, 5.74) is 5.20. The van der Waals surface area contributed by atoms with E-state index in [2.05, 4.69) is 93.0 Å². The van der Waals surface area contributed by atoms with E-state index in [4.69, 9.17) is 0 Å². The van der Waals surface area contributed by atoms with Crippen LogP contribution in [0.1, 0.15) is 55.4 Å². The second kappa shape index (κ2) is 13.5. The summed E-state index contributed by atoms with van der Waals surface area (Å²) in [4.78, 5) is 0. The number of halogens is 2. The molecule has 0 saturated heterocycles. The van der Waals surface area contributed by atoms with E-state index in [-0.39, 0.29) is 36.5 Å². The van der Waals surface area contributed by atoms with E-state index < -0.39 is 0 Å². The molecule has 0 aromatic heterocycles. The fourth-order valence-electron chi connectivity index (χ4n) is 1.23. The molecule has 118 valence electrons. The number of allylic oxidation sites excluding steroid dienone is 4. The molecule has 0 aliphatic carbocycles. The summed E-state index contributed by atoms with van der Waals surface area (Å²) in [6.45, 7) is 21.6. The molecular formula is C15H30Cl2NSiTi-. The number of hydrogen-bond donors (Lipinski definition) is 0. The molecule has 5 heteroatoms. The summed E-state index contributed by atoms with van der Waals surface area (Å²) in [7, 11) is 0. The third-order valence-corrected chi connectivity index (χ3v) is 2.36. The molecular weight excluding hydrogens is 341 g/mol. The van der Waals surface area contributed by atoms with E-state index >= 15 is 0 Å². The van der Waals surface area contributed by atoms with Crippen molar-refractivity contribution in [2.24, 2.45) is 0 Å². The van der Waals surface area contributed by atoms with Crippen LogP contribution < -0.4 is 24.8 Å². The van der Waals surface area contributed by atoms with Gasteiger partial charge in [0.05, 0.1) is 0 Å². The third-order valence-electron chi connectivity index (χ3n) is 2.36. The van der Waals surface area contributed by atoms with E-state index in [0.717, 1.165) is 5.70 Å². The molecule has 0 atom stereocenters. The molecule has 0 unspecified atom stereocenters. The van der Waals surface area contributed by atoms with Crippen LogP contribution in [0, 0.1) is 0 Å². The van der Waals surface area contributed by atoms with Crippen molar-refractivity contribution in [2.75, 3.05) is 0 Å². The van der Waals surface area contributed by atoms with Gasteiger partial charge in [-0.05, 0) is 27.7 Å². The molecule has 20 heavy (non-hydrogen) atoms. The van der Waals surface area contributed by atoms with Crippen LogP contribution in [0.15, 0.2) is 22.4 Å². The van der Waals surface area contributed by atoms with Crippen molar-refractivity contribution in [2.45, 2.75) is 74.0 Å².